The van der Waals surface area contributed by atoms with E-state index >= 15 is 0 Å². The fourth-order valence-electron chi connectivity index (χ4n) is 2.81. The summed E-state index contributed by atoms with van der Waals surface area (Å²) in [5.41, 5.74) is 0.259. The highest BCUT2D eigenvalue weighted by Crippen LogP contribution is 2.34. The maximum Gasteiger partial charge on any atom is 0.0664 e. The Kier molecular flexibility index (Phi) is 3.88. The molecule has 0 aliphatic carbocycles. The van der Waals surface area contributed by atoms with Crippen LogP contribution in [0.1, 0.15) is 33.6 Å². The molecule has 0 radical (unpaired) electrons. The second kappa shape index (κ2) is 5.03. The average Bonchev–Trinajstić information content (AvgIpc) is 2.85. The molecule has 2 fully saturated rings. The van der Waals surface area contributed by atoms with Gasteiger partial charge in [-0.3, -0.25) is 0 Å². The first kappa shape index (κ1) is 12.3. The molecule has 0 aromatic carbocycles. The molecule has 2 heterocycles. The number of hydrogen-bond donors (Lipinski definition) is 1. The van der Waals surface area contributed by atoms with E-state index in [0.717, 1.165) is 32.8 Å². The molecule has 3 nitrogen and oxygen atoms in total. The third kappa shape index (κ3) is 2.96. The zero-order valence-corrected chi connectivity index (χ0v) is 10.8. The van der Waals surface area contributed by atoms with Gasteiger partial charge in [0.25, 0.3) is 0 Å². The topological polar surface area (TPSA) is 30.5 Å². The lowest BCUT2D eigenvalue weighted by Crippen LogP contribution is -2.40. The molecule has 1 N–H and O–H groups in total. The van der Waals surface area contributed by atoms with Gasteiger partial charge in [-0.25, -0.2) is 0 Å². The fourth-order valence-corrected chi connectivity index (χ4v) is 2.81. The van der Waals surface area contributed by atoms with Crippen LogP contribution in [0.15, 0.2) is 0 Å². The molecule has 0 aromatic heterocycles. The maximum absolute atomic E-state index is 5.87. The van der Waals surface area contributed by atoms with E-state index in [1.807, 2.05) is 0 Å². The molecule has 0 spiro atoms. The highest BCUT2D eigenvalue weighted by molar-refractivity contribution is 4.87. The smallest absolute Gasteiger partial charge is 0.0664 e. The number of hydrogen-bond acceptors (Lipinski definition) is 3. The van der Waals surface area contributed by atoms with Crippen LogP contribution in [-0.4, -0.2) is 38.5 Å². The summed E-state index contributed by atoms with van der Waals surface area (Å²) in [6.45, 7) is 10.6. The molecule has 2 saturated heterocycles. The largest absolute Gasteiger partial charge is 0.380 e. The van der Waals surface area contributed by atoms with Gasteiger partial charge in [0, 0.05) is 31.7 Å². The molecule has 2 aliphatic rings. The van der Waals surface area contributed by atoms with E-state index in [9.17, 15) is 0 Å². The molecule has 0 aromatic rings. The Bertz CT molecular complexity index is 218. The van der Waals surface area contributed by atoms with Gasteiger partial charge in [-0.2, -0.15) is 0 Å². The van der Waals surface area contributed by atoms with Gasteiger partial charge in [-0.1, -0.05) is 20.8 Å². The highest BCUT2D eigenvalue weighted by Gasteiger charge is 2.37. The molecule has 16 heavy (non-hydrogen) atoms. The van der Waals surface area contributed by atoms with Gasteiger partial charge < -0.3 is 14.8 Å². The quantitative estimate of drug-likeness (QED) is 0.797. The molecule has 2 rings (SSSR count). The minimum atomic E-state index is 0.259. The third-order valence-electron chi connectivity index (χ3n) is 3.67. The van der Waals surface area contributed by atoms with Gasteiger partial charge in [0.05, 0.1) is 12.7 Å². The van der Waals surface area contributed by atoms with E-state index in [4.69, 9.17) is 9.47 Å². The van der Waals surface area contributed by atoms with Crippen molar-refractivity contribution in [3.8, 4) is 0 Å². The first-order valence-electron chi connectivity index (χ1n) is 6.50. The Labute approximate surface area is 98.9 Å². The van der Waals surface area contributed by atoms with Gasteiger partial charge in [-0.05, 0) is 18.3 Å². The van der Waals surface area contributed by atoms with E-state index in [-0.39, 0.29) is 5.41 Å². The Hall–Kier alpha value is -0.120. The zero-order chi connectivity index (χ0) is 11.6. The van der Waals surface area contributed by atoms with E-state index in [0.29, 0.717) is 18.1 Å². The third-order valence-corrected chi connectivity index (χ3v) is 3.67. The lowest BCUT2D eigenvalue weighted by atomic mass is 9.81. The fraction of sp³-hybridized carbons (Fsp3) is 1.00. The summed E-state index contributed by atoms with van der Waals surface area (Å²) in [7, 11) is 0. The van der Waals surface area contributed by atoms with E-state index in [1.165, 1.54) is 6.42 Å². The zero-order valence-electron chi connectivity index (χ0n) is 10.8. The van der Waals surface area contributed by atoms with Gasteiger partial charge in [0.15, 0.2) is 0 Å². The molecule has 1 unspecified atom stereocenters. The Balaban J connectivity index is 1.79. The summed E-state index contributed by atoms with van der Waals surface area (Å²) in [4.78, 5) is 0. The van der Waals surface area contributed by atoms with Gasteiger partial charge >= 0.3 is 0 Å². The number of rotatable bonds is 3. The molecule has 2 aliphatic heterocycles. The predicted octanol–water partition coefficient (Wildman–Crippen LogP) is 1.82. The molecular formula is C13H25NO2. The first-order chi connectivity index (χ1) is 7.57. The van der Waals surface area contributed by atoms with Gasteiger partial charge in [0.2, 0.25) is 0 Å². The van der Waals surface area contributed by atoms with Crippen LogP contribution < -0.4 is 5.32 Å². The van der Waals surface area contributed by atoms with E-state index in [2.05, 4.69) is 26.1 Å². The maximum atomic E-state index is 5.87. The molecular weight excluding hydrogens is 202 g/mol. The van der Waals surface area contributed by atoms with Crippen molar-refractivity contribution in [2.75, 3.05) is 26.4 Å². The van der Waals surface area contributed by atoms with Crippen molar-refractivity contribution in [1.82, 2.24) is 5.32 Å². The van der Waals surface area contributed by atoms with Crippen LogP contribution in [0, 0.1) is 11.3 Å². The van der Waals surface area contributed by atoms with Crippen LogP contribution in [0.4, 0.5) is 0 Å². The summed E-state index contributed by atoms with van der Waals surface area (Å²) in [6, 6.07) is 0.571. The second-order valence-electron chi connectivity index (χ2n) is 6.17. The predicted molar refractivity (Wildman–Crippen MR) is 64.5 cm³/mol. The summed E-state index contributed by atoms with van der Waals surface area (Å²) in [6.07, 6.45) is 2.76. The van der Waals surface area contributed by atoms with E-state index < -0.39 is 0 Å². The van der Waals surface area contributed by atoms with Crippen LogP contribution in [0.2, 0.25) is 0 Å². The number of ether oxygens (including phenoxy) is 2. The van der Waals surface area contributed by atoms with Crippen LogP contribution in [-0.2, 0) is 9.47 Å². The van der Waals surface area contributed by atoms with Crippen LogP contribution >= 0.6 is 0 Å². The Morgan fingerprint density at radius 2 is 2.00 bits per heavy atom. The van der Waals surface area contributed by atoms with Crippen molar-refractivity contribution in [3.63, 3.8) is 0 Å². The van der Waals surface area contributed by atoms with Crippen LogP contribution in [0.25, 0.3) is 0 Å². The Morgan fingerprint density at radius 3 is 2.62 bits per heavy atom. The van der Waals surface area contributed by atoms with E-state index in [1.54, 1.807) is 0 Å². The molecule has 3 atom stereocenters. The minimum Gasteiger partial charge on any atom is -0.380 e. The normalized spacial score (nSPS) is 35.8. The van der Waals surface area contributed by atoms with Gasteiger partial charge in [0.1, 0.15) is 0 Å². The molecule has 3 heteroatoms. The minimum absolute atomic E-state index is 0.259. The average molecular weight is 227 g/mol. The van der Waals surface area contributed by atoms with Crippen molar-refractivity contribution >= 4 is 0 Å². The van der Waals surface area contributed by atoms with Crippen molar-refractivity contribution in [2.24, 2.45) is 11.3 Å². The lowest BCUT2D eigenvalue weighted by Gasteiger charge is -2.31. The molecule has 0 saturated carbocycles. The number of nitrogens with one attached hydrogen (secondary N) is 1. The summed E-state index contributed by atoms with van der Waals surface area (Å²) in [5.74, 6) is 0.667. The monoisotopic (exact) mass is 227 g/mol. The lowest BCUT2D eigenvalue weighted by molar-refractivity contribution is 0.00673. The van der Waals surface area contributed by atoms with Crippen molar-refractivity contribution in [3.05, 3.63) is 0 Å². The van der Waals surface area contributed by atoms with Crippen molar-refractivity contribution in [2.45, 2.75) is 45.8 Å². The second-order valence-corrected chi connectivity index (χ2v) is 6.17. The summed E-state index contributed by atoms with van der Waals surface area (Å²) >= 11 is 0. The van der Waals surface area contributed by atoms with Gasteiger partial charge in [-0.15, -0.1) is 0 Å². The molecule has 94 valence electrons. The van der Waals surface area contributed by atoms with Crippen LogP contribution in [0.3, 0.4) is 0 Å². The van der Waals surface area contributed by atoms with Crippen molar-refractivity contribution in [1.29, 1.82) is 0 Å². The standard InChI is InChI=1S/C13H25NO2/c1-13(2,3)12-10(4-7-16-12)8-14-11-5-6-15-9-11/h10-12,14H,4-9H2,1-3H3/t10-,11?,12+/m1/s1. The summed E-state index contributed by atoms with van der Waals surface area (Å²) < 4.78 is 11.2. The van der Waals surface area contributed by atoms with Crippen LogP contribution in [0.5, 0.6) is 0 Å². The molecule has 0 amide bonds. The Morgan fingerprint density at radius 1 is 1.19 bits per heavy atom. The SMILES string of the molecule is CC(C)(C)[C@H]1OCC[C@@H]1CNC1CCOC1. The highest BCUT2D eigenvalue weighted by atomic mass is 16.5. The first-order valence-corrected chi connectivity index (χ1v) is 6.50. The summed E-state index contributed by atoms with van der Waals surface area (Å²) in [5, 5.41) is 3.62. The molecule has 0 bridgehead atoms. The van der Waals surface area contributed by atoms with Crippen molar-refractivity contribution < 1.29 is 9.47 Å².